The Hall–Kier alpha value is -4.29. The predicted molar refractivity (Wildman–Crippen MR) is 135 cm³/mol. The van der Waals surface area contributed by atoms with E-state index in [-0.39, 0.29) is 36.1 Å². The molecule has 2 saturated carbocycles. The van der Waals surface area contributed by atoms with Crippen molar-refractivity contribution in [2.24, 2.45) is 29.4 Å². The zero-order valence-electron chi connectivity index (χ0n) is 20.9. The highest BCUT2D eigenvalue weighted by molar-refractivity contribution is 6.31. The molecule has 0 aromatic heterocycles. The smallest absolute Gasteiger partial charge is 0.235 e. The van der Waals surface area contributed by atoms with Crippen molar-refractivity contribution in [2.45, 2.75) is 24.9 Å². The van der Waals surface area contributed by atoms with Gasteiger partial charge in [-0.15, -0.1) is 0 Å². The van der Waals surface area contributed by atoms with Crippen molar-refractivity contribution in [3.05, 3.63) is 58.7 Å². The van der Waals surface area contributed by atoms with Crippen molar-refractivity contribution in [3.63, 3.8) is 0 Å². The van der Waals surface area contributed by atoms with Gasteiger partial charge < -0.3 is 20.8 Å². The van der Waals surface area contributed by atoms with Crippen LogP contribution in [0.4, 0.5) is 5.69 Å². The van der Waals surface area contributed by atoms with Crippen molar-refractivity contribution in [1.29, 1.82) is 0 Å². The van der Waals surface area contributed by atoms with E-state index in [1.54, 1.807) is 37.2 Å². The third kappa shape index (κ3) is 3.63. The van der Waals surface area contributed by atoms with Crippen LogP contribution in [0.5, 0.6) is 5.75 Å². The van der Waals surface area contributed by atoms with E-state index in [2.05, 4.69) is 11.8 Å². The number of aromatic hydroxyl groups is 1. The molecule has 5 rings (SSSR count). The van der Waals surface area contributed by atoms with Gasteiger partial charge in [-0.05, 0) is 42.5 Å². The van der Waals surface area contributed by atoms with Crippen molar-refractivity contribution in [2.75, 3.05) is 19.0 Å². The van der Waals surface area contributed by atoms with Crippen LogP contribution in [0.1, 0.15) is 39.9 Å². The van der Waals surface area contributed by atoms with E-state index in [1.165, 1.54) is 0 Å². The fraction of sp³-hybridized carbons (Fsp3) is 0.345. The highest BCUT2D eigenvalue weighted by Gasteiger charge is 2.66. The number of anilines is 1. The average molecular weight is 515 g/mol. The lowest BCUT2D eigenvalue weighted by Crippen LogP contribution is -2.68. The van der Waals surface area contributed by atoms with Gasteiger partial charge >= 0.3 is 0 Å². The first-order chi connectivity index (χ1) is 18.0. The van der Waals surface area contributed by atoms with Crippen molar-refractivity contribution in [3.8, 4) is 17.6 Å². The Balaban J connectivity index is 1.62. The summed E-state index contributed by atoms with van der Waals surface area (Å²) in [5, 5.41) is 22.5. The summed E-state index contributed by atoms with van der Waals surface area (Å²) in [5.74, 6) is -4.55. The molecule has 2 fully saturated rings. The summed E-state index contributed by atoms with van der Waals surface area (Å²) >= 11 is 0. The molecule has 0 radical (unpaired) electrons. The number of fused-ring (bicyclic) bond motifs is 3. The molecule has 3 aliphatic rings. The number of rotatable bonds is 2. The number of Topliss-reactive ketones (excluding diaryl/α,β-unsaturated/α-hetero) is 4. The topological polar surface area (TPSA) is 155 Å². The van der Waals surface area contributed by atoms with Gasteiger partial charge in [0.05, 0.1) is 17.0 Å². The summed E-state index contributed by atoms with van der Waals surface area (Å²) in [6, 6.07) is 10.8. The molecule has 0 heterocycles. The minimum Gasteiger partial charge on any atom is -0.506 e. The van der Waals surface area contributed by atoms with E-state index >= 15 is 0 Å². The third-order valence-corrected chi connectivity index (χ3v) is 7.98. The van der Waals surface area contributed by atoms with Crippen molar-refractivity contribution < 1.29 is 34.2 Å². The van der Waals surface area contributed by atoms with Crippen LogP contribution >= 0.6 is 0 Å². The molecule has 5 atom stereocenters. The van der Waals surface area contributed by atoms with Crippen LogP contribution in [-0.2, 0) is 25.6 Å². The number of phenolic OH excluding ortho intramolecular Hbond substituents is 1. The Kier molecular flexibility index (Phi) is 5.96. The standard InChI is InChI=1S/C29H26N2O7/c1-31(2)19-12-15(9-8-14-6-4-3-5-7-14)24(33)22-18(19)11-16-10-17-13-20(32)23(28(30)37)27(36)29(17,38)26(35)21(16)25(22)34/h3-7,12,16-17,21,23,33,38H,10-11,13H2,1-2H3,(H2,30,37)/t16-,17+,21?,23?,29+/m1/s1. The molecular weight excluding hydrogens is 488 g/mol. The van der Waals surface area contributed by atoms with Crippen molar-refractivity contribution in [1.82, 2.24) is 0 Å². The largest absolute Gasteiger partial charge is 0.506 e. The van der Waals surface area contributed by atoms with Crippen LogP contribution < -0.4 is 10.6 Å². The minimum absolute atomic E-state index is 0.0459. The van der Waals surface area contributed by atoms with Gasteiger partial charge in [0, 0.05) is 37.7 Å². The molecule has 0 bridgehead atoms. The van der Waals surface area contributed by atoms with E-state index in [4.69, 9.17) is 5.73 Å². The van der Waals surface area contributed by atoms with Crippen LogP contribution in [-0.4, -0.2) is 58.9 Å². The number of carbonyl (C=O) groups excluding carboxylic acids is 5. The summed E-state index contributed by atoms with van der Waals surface area (Å²) in [7, 11) is 3.57. The molecule has 0 aliphatic heterocycles. The number of hydrogen-bond acceptors (Lipinski definition) is 8. The molecule has 2 aromatic rings. The number of carbonyl (C=O) groups is 5. The highest BCUT2D eigenvalue weighted by Crippen LogP contribution is 2.51. The highest BCUT2D eigenvalue weighted by atomic mass is 16.3. The first kappa shape index (κ1) is 25.4. The summed E-state index contributed by atoms with van der Waals surface area (Å²) in [4.78, 5) is 66.7. The molecule has 2 aromatic carbocycles. The Morgan fingerprint density at radius 1 is 1.05 bits per heavy atom. The van der Waals surface area contributed by atoms with Crippen molar-refractivity contribution >= 4 is 34.7 Å². The Morgan fingerprint density at radius 2 is 1.74 bits per heavy atom. The lowest BCUT2D eigenvalue weighted by atomic mass is 9.53. The second-order valence-corrected chi connectivity index (χ2v) is 10.4. The van der Waals surface area contributed by atoms with Crippen LogP contribution in [0.3, 0.4) is 0 Å². The zero-order valence-corrected chi connectivity index (χ0v) is 20.9. The number of benzene rings is 2. The average Bonchev–Trinajstić information content (AvgIpc) is 2.86. The second kappa shape index (κ2) is 8.92. The van der Waals surface area contributed by atoms with E-state index in [0.717, 1.165) is 0 Å². The zero-order chi connectivity index (χ0) is 27.5. The number of primary amides is 1. The first-order valence-electron chi connectivity index (χ1n) is 12.3. The van der Waals surface area contributed by atoms with Gasteiger partial charge in [-0.2, -0.15) is 0 Å². The van der Waals surface area contributed by atoms with Gasteiger partial charge in [-0.3, -0.25) is 24.0 Å². The van der Waals surface area contributed by atoms with Crippen LogP contribution in [0, 0.1) is 35.5 Å². The summed E-state index contributed by atoms with van der Waals surface area (Å²) in [6.45, 7) is 0. The van der Waals surface area contributed by atoms with Gasteiger partial charge in [0.2, 0.25) is 5.91 Å². The van der Waals surface area contributed by atoms with Gasteiger partial charge in [0.1, 0.15) is 5.75 Å². The maximum absolute atomic E-state index is 13.9. The molecule has 9 nitrogen and oxygen atoms in total. The minimum atomic E-state index is -2.67. The molecule has 2 unspecified atom stereocenters. The van der Waals surface area contributed by atoms with Gasteiger partial charge in [-0.1, -0.05) is 30.0 Å². The third-order valence-electron chi connectivity index (χ3n) is 7.98. The second-order valence-electron chi connectivity index (χ2n) is 10.4. The van der Waals surface area contributed by atoms with Gasteiger partial charge in [-0.25, -0.2) is 0 Å². The first-order valence-corrected chi connectivity index (χ1v) is 12.3. The molecule has 0 saturated heterocycles. The molecule has 0 spiro atoms. The molecule has 1 amide bonds. The van der Waals surface area contributed by atoms with E-state index in [1.807, 2.05) is 18.2 Å². The predicted octanol–water partition coefficient (Wildman–Crippen LogP) is 0.793. The molecule has 38 heavy (non-hydrogen) atoms. The maximum Gasteiger partial charge on any atom is 0.235 e. The van der Waals surface area contributed by atoms with Gasteiger partial charge in [0.15, 0.2) is 34.7 Å². The number of aliphatic hydroxyl groups is 1. The van der Waals surface area contributed by atoms with E-state index in [9.17, 15) is 34.2 Å². The Morgan fingerprint density at radius 3 is 2.37 bits per heavy atom. The Labute approximate surface area is 218 Å². The molecule has 194 valence electrons. The monoisotopic (exact) mass is 514 g/mol. The Bertz CT molecular complexity index is 1480. The van der Waals surface area contributed by atoms with Crippen LogP contribution in [0.2, 0.25) is 0 Å². The summed E-state index contributed by atoms with van der Waals surface area (Å²) in [6.07, 6.45) is -0.116. The number of phenols is 1. The normalized spacial score (nSPS) is 28.0. The fourth-order valence-electron chi connectivity index (χ4n) is 6.17. The van der Waals surface area contributed by atoms with Crippen LogP contribution in [0.15, 0.2) is 36.4 Å². The SMILES string of the molecule is CN(C)c1cc(C#Cc2ccccc2)c(O)c2c1C[C@H]1C[C@H]3CC(=O)C(C(N)=O)C(=O)[C@@]3(O)C(=O)C1C2=O. The molecule has 4 N–H and O–H groups in total. The molecule has 3 aliphatic carbocycles. The number of ketones is 4. The lowest BCUT2D eigenvalue weighted by Gasteiger charge is -2.48. The maximum atomic E-state index is 13.9. The quantitative estimate of drug-likeness (QED) is 0.393. The van der Waals surface area contributed by atoms with Gasteiger partial charge in [0.25, 0.3) is 0 Å². The summed E-state index contributed by atoms with van der Waals surface area (Å²) < 4.78 is 0. The molecule has 9 heteroatoms. The van der Waals surface area contributed by atoms with Crippen LogP contribution in [0.25, 0.3) is 0 Å². The summed E-state index contributed by atoms with van der Waals surface area (Å²) in [5.41, 5.74) is 4.54. The van der Waals surface area contributed by atoms with E-state index in [0.29, 0.717) is 16.8 Å². The van der Waals surface area contributed by atoms with E-state index < -0.39 is 58.3 Å². The lowest BCUT2D eigenvalue weighted by molar-refractivity contribution is -0.175. The number of nitrogens with zero attached hydrogens (tertiary/aromatic N) is 1. The number of amides is 1. The molecular formula is C29H26N2O7. The number of nitrogens with two attached hydrogens (primary N) is 1. The number of hydrogen-bond donors (Lipinski definition) is 3. The fourth-order valence-corrected chi connectivity index (χ4v) is 6.17.